The van der Waals surface area contributed by atoms with Gasteiger partial charge in [-0.25, -0.2) is 4.98 Å². The summed E-state index contributed by atoms with van der Waals surface area (Å²) in [6.45, 7) is 8.74. The number of benzene rings is 1. The molecule has 0 aliphatic carbocycles. The zero-order valence-electron chi connectivity index (χ0n) is 11.8. The van der Waals surface area contributed by atoms with E-state index in [2.05, 4.69) is 66.1 Å². The summed E-state index contributed by atoms with van der Waals surface area (Å²) in [5.41, 5.74) is 2.25. The summed E-state index contributed by atoms with van der Waals surface area (Å²) < 4.78 is 3.55. The molecule has 19 heavy (non-hydrogen) atoms. The minimum atomic E-state index is -0.0714. The van der Waals surface area contributed by atoms with E-state index in [0.717, 1.165) is 17.8 Å². The van der Waals surface area contributed by atoms with Crippen LogP contribution in [0.15, 0.2) is 18.2 Å². The van der Waals surface area contributed by atoms with Gasteiger partial charge >= 0.3 is 0 Å². The van der Waals surface area contributed by atoms with Crippen molar-refractivity contribution in [2.45, 2.75) is 45.5 Å². The lowest BCUT2D eigenvalue weighted by Gasteiger charge is -2.24. The summed E-state index contributed by atoms with van der Waals surface area (Å²) in [5, 5.41) is -0.0714. The molecule has 0 spiro atoms. The highest BCUT2D eigenvalue weighted by atomic mass is 127. The van der Waals surface area contributed by atoms with Crippen molar-refractivity contribution in [3.8, 4) is 0 Å². The minimum Gasteiger partial charge on any atom is -0.323 e. The molecule has 0 N–H and O–H groups in total. The molecule has 1 heterocycles. The molecule has 2 nitrogen and oxygen atoms in total. The molecular weight excluding hydrogens is 371 g/mol. The molecule has 0 radical (unpaired) electrons. The van der Waals surface area contributed by atoms with Crippen molar-refractivity contribution in [1.82, 2.24) is 9.55 Å². The van der Waals surface area contributed by atoms with E-state index in [1.165, 1.54) is 9.09 Å². The van der Waals surface area contributed by atoms with E-state index in [0.29, 0.717) is 12.0 Å². The van der Waals surface area contributed by atoms with Gasteiger partial charge in [0.25, 0.3) is 0 Å². The lowest BCUT2D eigenvalue weighted by atomic mass is 10.0. The third-order valence-corrected chi connectivity index (χ3v) is 4.42. The highest BCUT2D eigenvalue weighted by Crippen LogP contribution is 2.33. The quantitative estimate of drug-likeness (QED) is 0.494. The van der Waals surface area contributed by atoms with Crippen LogP contribution in [0.3, 0.4) is 0 Å². The lowest BCUT2D eigenvalue weighted by molar-refractivity contribution is 0.364. The molecule has 4 heteroatoms. The molecule has 104 valence electrons. The van der Waals surface area contributed by atoms with Crippen molar-refractivity contribution >= 4 is 45.2 Å². The molecule has 0 saturated carbocycles. The van der Waals surface area contributed by atoms with Gasteiger partial charge in [-0.2, -0.15) is 0 Å². The van der Waals surface area contributed by atoms with Gasteiger partial charge in [0.2, 0.25) is 0 Å². The Hall–Kier alpha value is -0.290. The van der Waals surface area contributed by atoms with Gasteiger partial charge in [0, 0.05) is 9.61 Å². The number of rotatable bonds is 4. The van der Waals surface area contributed by atoms with Crippen molar-refractivity contribution in [1.29, 1.82) is 0 Å². The summed E-state index contributed by atoms with van der Waals surface area (Å²) in [7, 11) is 0. The van der Waals surface area contributed by atoms with Crippen LogP contribution in [0.4, 0.5) is 0 Å². The molecule has 2 unspecified atom stereocenters. The summed E-state index contributed by atoms with van der Waals surface area (Å²) in [5.74, 6) is 1.55. The number of hydrogen-bond acceptors (Lipinski definition) is 1. The molecule has 0 aliphatic heterocycles. The normalized spacial score (nSPS) is 15.1. The van der Waals surface area contributed by atoms with E-state index >= 15 is 0 Å². The topological polar surface area (TPSA) is 17.8 Å². The Morgan fingerprint density at radius 3 is 2.53 bits per heavy atom. The van der Waals surface area contributed by atoms with Crippen LogP contribution < -0.4 is 0 Å². The number of aromatic nitrogens is 2. The molecule has 0 amide bonds. The monoisotopic (exact) mass is 390 g/mol. The summed E-state index contributed by atoms with van der Waals surface area (Å²) >= 11 is 8.66. The molecule has 2 aromatic rings. The van der Waals surface area contributed by atoms with E-state index in [-0.39, 0.29) is 5.38 Å². The van der Waals surface area contributed by atoms with Gasteiger partial charge in [0.15, 0.2) is 0 Å². The van der Waals surface area contributed by atoms with Crippen molar-refractivity contribution in [2.24, 2.45) is 5.92 Å². The number of fused-ring (bicyclic) bond motifs is 1. The number of nitrogens with zero attached hydrogens (tertiary/aromatic N) is 2. The van der Waals surface area contributed by atoms with E-state index < -0.39 is 0 Å². The molecule has 2 atom stereocenters. The number of imidazole rings is 1. The Balaban J connectivity index is 2.71. The maximum atomic E-state index is 6.34. The van der Waals surface area contributed by atoms with Crippen molar-refractivity contribution < 1.29 is 0 Å². The Kier molecular flexibility index (Phi) is 4.77. The summed E-state index contributed by atoms with van der Waals surface area (Å²) in [6, 6.07) is 6.87. The first-order valence-electron chi connectivity index (χ1n) is 6.77. The maximum absolute atomic E-state index is 6.34. The van der Waals surface area contributed by atoms with Gasteiger partial charge in [-0.15, -0.1) is 11.6 Å². The zero-order chi connectivity index (χ0) is 14.2. The van der Waals surface area contributed by atoms with Gasteiger partial charge in [-0.05, 0) is 60.1 Å². The second kappa shape index (κ2) is 6.00. The Labute approximate surface area is 133 Å². The predicted octanol–water partition coefficient (Wildman–Crippen LogP) is 5.55. The van der Waals surface area contributed by atoms with Gasteiger partial charge in [-0.3, -0.25) is 0 Å². The van der Waals surface area contributed by atoms with Gasteiger partial charge in [0.05, 0.1) is 16.4 Å². The van der Waals surface area contributed by atoms with E-state index in [1.54, 1.807) is 0 Å². The predicted molar refractivity (Wildman–Crippen MR) is 90.9 cm³/mol. The van der Waals surface area contributed by atoms with E-state index in [4.69, 9.17) is 16.6 Å². The van der Waals surface area contributed by atoms with Crippen molar-refractivity contribution in [3.63, 3.8) is 0 Å². The van der Waals surface area contributed by atoms with Gasteiger partial charge in [-0.1, -0.05) is 20.8 Å². The third kappa shape index (κ3) is 2.92. The van der Waals surface area contributed by atoms with Crippen LogP contribution in [0.2, 0.25) is 0 Å². The zero-order valence-corrected chi connectivity index (χ0v) is 14.7. The fraction of sp³-hybridized carbons (Fsp3) is 0.533. The summed E-state index contributed by atoms with van der Waals surface area (Å²) in [4.78, 5) is 4.75. The number of halogens is 2. The number of alkyl halides is 1. The molecule has 1 aromatic carbocycles. The number of hydrogen-bond donors (Lipinski definition) is 0. The Morgan fingerprint density at radius 1 is 1.32 bits per heavy atom. The first-order chi connectivity index (χ1) is 8.95. The Morgan fingerprint density at radius 2 is 2.00 bits per heavy atom. The fourth-order valence-electron chi connectivity index (χ4n) is 2.67. The van der Waals surface area contributed by atoms with Crippen molar-refractivity contribution in [3.05, 3.63) is 27.6 Å². The maximum Gasteiger partial charge on any atom is 0.127 e. The van der Waals surface area contributed by atoms with Crippen LogP contribution in [0.1, 0.15) is 51.4 Å². The molecular formula is C15H20ClIN2. The van der Waals surface area contributed by atoms with Crippen LogP contribution >= 0.6 is 34.2 Å². The van der Waals surface area contributed by atoms with E-state index in [9.17, 15) is 0 Å². The van der Waals surface area contributed by atoms with Crippen molar-refractivity contribution in [2.75, 3.05) is 0 Å². The second-order valence-electron chi connectivity index (χ2n) is 5.31. The third-order valence-electron chi connectivity index (χ3n) is 3.55. The molecule has 2 rings (SSSR count). The molecule has 0 aliphatic rings. The molecule has 0 bridgehead atoms. The van der Waals surface area contributed by atoms with Crippen LogP contribution in [0.25, 0.3) is 11.0 Å². The smallest absolute Gasteiger partial charge is 0.127 e. The minimum absolute atomic E-state index is 0.0714. The van der Waals surface area contributed by atoms with Crippen LogP contribution in [-0.4, -0.2) is 9.55 Å². The van der Waals surface area contributed by atoms with Gasteiger partial charge in [0.1, 0.15) is 5.82 Å². The Bertz CT molecular complexity index is 575. The van der Waals surface area contributed by atoms with Crippen LogP contribution in [-0.2, 0) is 0 Å². The second-order valence-corrected chi connectivity index (χ2v) is 7.21. The van der Waals surface area contributed by atoms with E-state index in [1.807, 2.05) is 6.92 Å². The van der Waals surface area contributed by atoms with Gasteiger partial charge < -0.3 is 4.57 Å². The average molecular weight is 391 g/mol. The molecule has 1 aromatic heterocycles. The lowest BCUT2D eigenvalue weighted by Crippen LogP contribution is -2.17. The first kappa shape index (κ1) is 15.1. The average Bonchev–Trinajstić information content (AvgIpc) is 2.68. The highest BCUT2D eigenvalue weighted by Gasteiger charge is 2.22. The molecule has 0 saturated heterocycles. The van der Waals surface area contributed by atoms with Crippen LogP contribution in [0.5, 0.6) is 0 Å². The molecule has 0 fully saturated rings. The summed E-state index contributed by atoms with van der Waals surface area (Å²) in [6.07, 6.45) is 1.09. The highest BCUT2D eigenvalue weighted by molar-refractivity contribution is 14.1. The largest absolute Gasteiger partial charge is 0.323 e. The first-order valence-corrected chi connectivity index (χ1v) is 8.28. The standard InChI is InChI=1S/C15H20ClIN2/c1-5-13(9(2)3)19-14-7-6-11(17)8-12(14)18-15(19)10(4)16/h6-10,13H,5H2,1-4H3. The van der Waals surface area contributed by atoms with Crippen LogP contribution in [0, 0.1) is 9.49 Å². The SMILES string of the molecule is CCC(C(C)C)n1c(C(C)Cl)nc2cc(I)ccc21. The fourth-order valence-corrected chi connectivity index (χ4v) is 3.30.